The van der Waals surface area contributed by atoms with Gasteiger partial charge in [-0.1, -0.05) is 13.0 Å². The van der Waals surface area contributed by atoms with Gasteiger partial charge in [0.15, 0.2) is 0 Å². The van der Waals surface area contributed by atoms with Crippen LogP contribution in [-0.2, 0) is 9.53 Å². The van der Waals surface area contributed by atoms with Crippen molar-refractivity contribution in [2.45, 2.75) is 19.8 Å². The van der Waals surface area contributed by atoms with E-state index in [9.17, 15) is 4.79 Å². The molecule has 1 amide bonds. The molecule has 102 valence electrons. The van der Waals surface area contributed by atoms with Gasteiger partial charge in [0.05, 0.1) is 13.2 Å². The number of hydrogen-bond acceptors (Lipinski definition) is 3. The van der Waals surface area contributed by atoms with Crippen molar-refractivity contribution in [1.29, 1.82) is 0 Å². The number of anilines is 2. The van der Waals surface area contributed by atoms with Crippen molar-refractivity contribution in [1.82, 2.24) is 0 Å². The predicted octanol–water partition coefficient (Wildman–Crippen LogP) is 2.48. The Morgan fingerprint density at radius 3 is 2.74 bits per heavy atom. The Balaban J connectivity index is 1.57. The Labute approximate surface area is 113 Å². The third-order valence-electron chi connectivity index (χ3n) is 3.70. The number of hydrogen-bond donors (Lipinski definition) is 2. The van der Waals surface area contributed by atoms with Gasteiger partial charge in [0.2, 0.25) is 5.91 Å². The van der Waals surface area contributed by atoms with Gasteiger partial charge in [-0.2, -0.15) is 0 Å². The number of nitrogens with one attached hydrogen (secondary N) is 2. The standard InChI is InChI=1S/C15H20N2O2/c1-15(9-19-10-15)8-16-12-3-2-4-13(7-12)17-14(18)11-5-6-11/h2-4,7,11,16H,5-6,8-10H2,1H3,(H,17,18). The largest absolute Gasteiger partial charge is 0.384 e. The lowest BCUT2D eigenvalue weighted by atomic mass is 9.89. The van der Waals surface area contributed by atoms with E-state index in [1.165, 1.54) is 0 Å². The summed E-state index contributed by atoms with van der Waals surface area (Å²) in [6.45, 7) is 4.74. The SMILES string of the molecule is CC1(CNc2cccc(NC(=O)C3CC3)c2)COC1. The van der Waals surface area contributed by atoms with E-state index in [2.05, 4.69) is 17.6 Å². The Kier molecular flexibility index (Phi) is 3.19. The maximum Gasteiger partial charge on any atom is 0.227 e. The molecule has 19 heavy (non-hydrogen) atoms. The van der Waals surface area contributed by atoms with Crippen molar-refractivity contribution in [2.75, 3.05) is 30.4 Å². The first-order chi connectivity index (χ1) is 9.15. The zero-order valence-corrected chi connectivity index (χ0v) is 11.2. The molecule has 2 aliphatic rings. The Bertz CT molecular complexity index is 479. The van der Waals surface area contributed by atoms with Gasteiger partial charge in [0.1, 0.15) is 0 Å². The van der Waals surface area contributed by atoms with Crippen molar-refractivity contribution < 1.29 is 9.53 Å². The van der Waals surface area contributed by atoms with Crippen LogP contribution >= 0.6 is 0 Å². The summed E-state index contributed by atoms with van der Waals surface area (Å²) in [6, 6.07) is 7.91. The zero-order chi connectivity index (χ0) is 13.3. The summed E-state index contributed by atoms with van der Waals surface area (Å²) in [5, 5.41) is 6.38. The molecule has 1 aromatic rings. The highest BCUT2D eigenvalue weighted by Crippen LogP contribution is 2.31. The third kappa shape index (κ3) is 3.07. The third-order valence-corrected chi connectivity index (χ3v) is 3.70. The summed E-state index contributed by atoms with van der Waals surface area (Å²) in [4.78, 5) is 11.7. The quantitative estimate of drug-likeness (QED) is 0.855. The van der Waals surface area contributed by atoms with Gasteiger partial charge in [-0.25, -0.2) is 0 Å². The van der Waals surface area contributed by atoms with Crippen molar-refractivity contribution in [3.8, 4) is 0 Å². The molecule has 0 bridgehead atoms. The van der Waals surface area contributed by atoms with Crippen LogP contribution in [0.15, 0.2) is 24.3 Å². The van der Waals surface area contributed by atoms with Crippen molar-refractivity contribution >= 4 is 17.3 Å². The molecule has 4 heteroatoms. The number of ether oxygens (including phenoxy) is 1. The Hall–Kier alpha value is -1.55. The molecular weight excluding hydrogens is 240 g/mol. The lowest BCUT2D eigenvalue weighted by Gasteiger charge is -2.38. The number of benzene rings is 1. The molecule has 0 atom stereocenters. The first-order valence-corrected chi connectivity index (χ1v) is 6.87. The molecule has 1 aromatic carbocycles. The molecule has 0 spiro atoms. The summed E-state index contributed by atoms with van der Waals surface area (Å²) in [7, 11) is 0. The molecule has 0 aromatic heterocycles. The molecule has 3 rings (SSSR count). The summed E-state index contributed by atoms with van der Waals surface area (Å²) < 4.78 is 5.24. The summed E-state index contributed by atoms with van der Waals surface area (Å²) in [5.41, 5.74) is 2.16. The summed E-state index contributed by atoms with van der Waals surface area (Å²) in [6.07, 6.45) is 2.06. The molecule has 1 aliphatic heterocycles. The van der Waals surface area contributed by atoms with Gasteiger partial charge in [0, 0.05) is 29.3 Å². The van der Waals surface area contributed by atoms with Crippen LogP contribution in [0.1, 0.15) is 19.8 Å². The van der Waals surface area contributed by atoms with E-state index in [0.717, 1.165) is 44.0 Å². The molecule has 2 N–H and O–H groups in total. The van der Waals surface area contributed by atoms with Gasteiger partial charge in [-0.05, 0) is 31.0 Å². The Morgan fingerprint density at radius 2 is 2.11 bits per heavy atom. The van der Waals surface area contributed by atoms with Crippen LogP contribution < -0.4 is 10.6 Å². The van der Waals surface area contributed by atoms with Gasteiger partial charge in [-0.15, -0.1) is 0 Å². The van der Waals surface area contributed by atoms with Crippen LogP contribution in [-0.4, -0.2) is 25.7 Å². The molecular formula is C15H20N2O2. The van der Waals surface area contributed by atoms with E-state index in [1.54, 1.807) is 0 Å². The molecule has 4 nitrogen and oxygen atoms in total. The smallest absolute Gasteiger partial charge is 0.227 e. The molecule has 0 unspecified atom stereocenters. The van der Waals surface area contributed by atoms with Gasteiger partial charge in [-0.3, -0.25) is 4.79 Å². The van der Waals surface area contributed by atoms with Crippen LogP contribution in [0, 0.1) is 11.3 Å². The van der Waals surface area contributed by atoms with Crippen LogP contribution in [0.25, 0.3) is 0 Å². The number of amides is 1. The number of rotatable bonds is 5. The number of carbonyl (C=O) groups excluding carboxylic acids is 1. The van der Waals surface area contributed by atoms with Crippen molar-refractivity contribution in [3.05, 3.63) is 24.3 Å². The average Bonchev–Trinajstić information content (AvgIpc) is 3.19. The highest BCUT2D eigenvalue weighted by atomic mass is 16.5. The first kappa shape index (κ1) is 12.5. The maximum absolute atomic E-state index is 11.7. The second-order valence-corrected chi connectivity index (χ2v) is 6.00. The molecule has 1 heterocycles. The molecule has 0 radical (unpaired) electrons. The van der Waals surface area contributed by atoms with E-state index < -0.39 is 0 Å². The molecule has 2 fully saturated rings. The monoisotopic (exact) mass is 260 g/mol. The minimum Gasteiger partial charge on any atom is -0.384 e. The predicted molar refractivity (Wildman–Crippen MR) is 75.2 cm³/mol. The topological polar surface area (TPSA) is 50.4 Å². The van der Waals surface area contributed by atoms with Crippen LogP contribution in [0.5, 0.6) is 0 Å². The van der Waals surface area contributed by atoms with Crippen LogP contribution in [0.4, 0.5) is 11.4 Å². The van der Waals surface area contributed by atoms with Crippen molar-refractivity contribution in [2.24, 2.45) is 11.3 Å². The zero-order valence-electron chi connectivity index (χ0n) is 11.2. The minimum absolute atomic E-state index is 0.150. The normalized spacial score (nSPS) is 20.5. The van der Waals surface area contributed by atoms with Crippen LogP contribution in [0.2, 0.25) is 0 Å². The number of carbonyl (C=O) groups is 1. The van der Waals surface area contributed by atoms with E-state index in [1.807, 2.05) is 24.3 Å². The fraction of sp³-hybridized carbons (Fsp3) is 0.533. The summed E-state index contributed by atoms with van der Waals surface area (Å²) in [5.74, 6) is 0.388. The highest BCUT2D eigenvalue weighted by Gasteiger charge is 2.33. The van der Waals surface area contributed by atoms with E-state index >= 15 is 0 Å². The lowest BCUT2D eigenvalue weighted by molar-refractivity contribution is -0.117. The first-order valence-electron chi connectivity index (χ1n) is 6.87. The molecule has 1 saturated carbocycles. The van der Waals surface area contributed by atoms with Gasteiger partial charge < -0.3 is 15.4 Å². The molecule has 1 aliphatic carbocycles. The summed E-state index contributed by atoms with van der Waals surface area (Å²) >= 11 is 0. The fourth-order valence-corrected chi connectivity index (χ4v) is 2.16. The molecule has 1 saturated heterocycles. The fourth-order valence-electron chi connectivity index (χ4n) is 2.16. The van der Waals surface area contributed by atoms with E-state index in [0.29, 0.717) is 0 Å². The van der Waals surface area contributed by atoms with E-state index in [-0.39, 0.29) is 17.2 Å². The Morgan fingerprint density at radius 1 is 1.37 bits per heavy atom. The lowest BCUT2D eigenvalue weighted by Crippen LogP contribution is -2.45. The highest BCUT2D eigenvalue weighted by molar-refractivity contribution is 5.94. The average molecular weight is 260 g/mol. The van der Waals surface area contributed by atoms with Crippen molar-refractivity contribution in [3.63, 3.8) is 0 Å². The maximum atomic E-state index is 11.7. The minimum atomic E-state index is 0.150. The van der Waals surface area contributed by atoms with Gasteiger partial charge in [0.25, 0.3) is 0 Å². The van der Waals surface area contributed by atoms with Gasteiger partial charge >= 0.3 is 0 Å². The second kappa shape index (κ2) is 4.85. The van der Waals surface area contributed by atoms with E-state index in [4.69, 9.17) is 4.74 Å². The van der Waals surface area contributed by atoms with Crippen LogP contribution in [0.3, 0.4) is 0 Å². The second-order valence-electron chi connectivity index (χ2n) is 6.00.